The average Bonchev–Trinajstić information content (AvgIpc) is 2.53. The van der Waals surface area contributed by atoms with Crippen LogP contribution in [0.5, 0.6) is 0 Å². The first kappa shape index (κ1) is 16.6. The molecule has 0 heterocycles. The van der Waals surface area contributed by atoms with Gasteiger partial charge >= 0.3 is 11.8 Å². The SMILES string of the molecule is Cc1cccc(NC(=O)C(=O)NC(C)C23CC4CC(CC(C4)C2)C3)c1. The van der Waals surface area contributed by atoms with Crippen LogP contribution >= 0.6 is 0 Å². The zero-order valence-electron chi connectivity index (χ0n) is 15.2. The number of hydrogen-bond donors (Lipinski definition) is 2. The van der Waals surface area contributed by atoms with E-state index in [1.165, 1.54) is 38.5 Å². The van der Waals surface area contributed by atoms with Gasteiger partial charge in [-0.1, -0.05) is 12.1 Å². The number of carbonyl (C=O) groups excluding carboxylic acids is 2. The molecular formula is C21H28N2O2. The van der Waals surface area contributed by atoms with Crippen LogP contribution in [0.3, 0.4) is 0 Å². The van der Waals surface area contributed by atoms with Gasteiger partial charge in [-0.3, -0.25) is 9.59 Å². The number of anilines is 1. The van der Waals surface area contributed by atoms with Gasteiger partial charge in [0.15, 0.2) is 0 Å². The van der Waals surface area contributed by atoms with Gasteiger partial charge in [0.1, 0.15) is 0 Å². The summed E-state index contributed by atoms with van der Waals surface area (Å²) in [6.07, 6.45) is 7.81. The van der Waals surface area contributed by atoms with E-state index in [2.05, 4.69) is 17.6 Å². The molecule has 4 aliphatic rings. The molecule has 4 saturated carbocycles. The molecule has 1 aromatic carbocycles. The molecule has 5 rings (SSSR count). The summed E-state index contributed by atoms with van der Waals surface area (Å²) in [6.45, 7) is 4.07. The van der Waals surface area contributed by atoms with Crippen molar-refractivity contribution in [2.75, 3.05) is 5.32 Å². The second-order valence-corrected chi connectivity index (χ2v) is 8.80. The Kier molecular flexibility index (Phi) is 4.09. The molecule has 0 aromatic heterocycles. The van der Waals surface area contributed by atoms with Crippen molar-refractivity contribution >= 4 is 17.5 Å². The van der Waals surface area contributed by atoms with E-state index in [1.807, 2.05) is 25.1 Å². The van der Waals surface area contributed by atoms with Crippen LogP contribution in [-0.2, 0) is 9.59 Å². The van der Waals surface area contributed by atoms with Gasteiger partial charge in [-0.15, -0.1) is 0 Å². The van der Waals surface area contributed by atoms with Crippen LogP contribution in [-0.4, -0.2) is 17.9 Å². The normalized spacial score (nSPS) is 33.8. The van der Waals surface area contributed by atoms with Gasteiger partial charge in [0.2, 0.25) is 0 Å². The summed E-state index contributed by atoms with van der Waals surface area (Å²) in [7, 11) is 0. The number of rotatable bonds is 3. The van der Waals surface area contributed by atoms with Crippen molar-refractivity contribution in [1.29, 1.82) is 0 Å². The molecular weight excluding hydrogens is 312 g/mol. The third-order valence-electron chi connectivity index (χ3n) is 6.83. The molecule has 0 aliphatic heterocycles. The predicted octanol–water partition coefficient (Wildman–Crippen LogP) is 3.65. The molecule has 4 nitrogen and oxygen atoms in total. The fraction of sp³-hybridized carbons (Fsp3) is 0.619. The second kappa shape index (κ2) is 6.15. The first-order valence-corrected chi connectivity index (χ1v) is 9.62. The van der Waals surface area contributed by atoms with Crippen LogP contribution in [0.15, 0.2) is 24.3 Å². The minimum Gasteiger partial charge on any atom is -0.345 e. The molecule has 1 atom stereocenters. The van der Waals surface area contributed by atoms with E-state index in [0.717, 1.165) is 23.3 Å². The van der Waals surface area contributed by atoms with Gasteiger partial charge in [-0.05, 0) is 93.2 Å². The molecule has 1 unspecified atom stereocenters. The van der Waals surface area contributed by atoms with E-state index >= 15 is 0 Å². The fourth-order valence-corrected chi connectivity index (χ4v) is 6.03. The Hall–Kier alpha value is -1.84. The highest BCUT2D eigenvalue weighted by Gasteiger charge is 2.53. The Bertz CT molecular complexity index is 662. The molecule has 2 amide bonds. The third kappa shape index (κ3) is 3.19. The molecule has 1 aromatic rings. The predicted molar refractivity (Wildman–Crippen MR) is 98.0 cm³/mol. The summed E-state index contributed by atoms with van der Waals surface area (Å²) < 4.78 is 0. The van der Waals surface area contributed by atoms with Crippen LogP contribution in [0.4, 0.5) is 5.69 Å². The van der Waals surface area contributed by atoms with Crippen LogP contribution < -0.4 is 10.6 Å². The van der Waals surface area contributed by atoms with Crippen molar-refractivity contribution in [2.45, 2.75) is 58.4 Å². The summed E-state index contributed by atoms with van der Waals surface area (Å²) in [5, 5.41) is 5.73. The number of hydrogen-bond acceptors (Lipinski definition) is 2. The first-order chi connectivity index (χ1) is 11.9. The number of amides is 2. The Morgan fingerprint density at radius 2 is 1.64 bits per heavy atom. The number of benzene rings is 1. The van der Waals surface area contributed by atoms with E-state index in [0.29, 0.717) is 5.69 Å². The average molecular weight is 340 g/mol. The third-order valence-corrected chi connectivity index (χ3v) is 6.83. The van der Waals surface area contributed by atoms with Crippen molar-refractivity contribution in [1.82, 2.24) is 5.32 Å². The molecule has 4 aliphatic carbocycles. The highest BCUT2D eigenvalue weighted by atomic mass is 16.2. The summed E-state index contributed by atoms with van der Waals surface area (Å²) in [5.41, 5.74) is 1.94. The van der Waals surface area contributed by atoms with E-state index < -0.39 is 11.8 Å². The standard InChI is InChI=1S/C21H28N2O2/c1-13-4-3-5-18(6-13)23-20(25)19(24)22-14(2)21-10-15-7-16(11-21)9-17(8-15)12-21/h3-6,14-17H,7-12H2,1-2H3,(H,22,24)(H,23,25). The molecule has 25 heavy (non-hydrogen) atoms. The molecule has 134 valence electrons. The summed E-state index contributed by atoms with van der Waals surface area (Å²) >= 11 is 0. The number of aryl methyl sites for hydroxylation is 1. The van der Waals surface area contributed by atoms with Crippen LogP contribution in [0.25, 0.3) is 0 Å². The van der Waals surface area contributed by atoms with Crippen LogP contribution in [0.2, 0.25) is 0 Å². The topological polar surface area (TPSA) is 58.2 Å². The van der Waals surface area contributed by atoms with Crippen molar-refractivity contribution in [3.63, 3.8) is 0 Å². The maximum Gasteiger partial charge on any atom is 0.313 e. The van der Waals surface area contributed by atoms with Crippen LogP contribution in [0, 0.1) is 30.1 Å². The van der Waals surface area contributed by atoms with E-state index in [-0.39, 0.29) is 11.5 Å². The van der Waals surface area contributed by atoms with Gasteiger partial charge in [0, 0.05) is 11.7 Å². The van der Waals surface area contributed by atoms with Gasteiger partial charge in [0.25, 0.3) is 0 Å². The maximum atomic E-state index is 12.4. The second-order valence-electron chi connectivity index (χ2n) is 8.80. The van der Waals surface area contributed by atoms with Crippen molar-refractivity contribution in [2.24, 2.45) is 23.2 Å². The van der Waals surface area contributed by atoms with E-state index in [9.17, 15) is 9.59 Å². The van der Waals surface area contributed by atoms with Gasteiger partial charge in [0.05, 0.1) is 0 Å². The lowest BCUT2D eigenvalue weighted by Crippen LogP contribution is -2.57. The minimum absolute atomic E-state index is 0.0664. The lowest BCUT2D eigenvalue weighted by atomic mass is 9.48. The quantitative estimate of drug-likeness (QED) is 0.825. The largest absolute Gasteiger partial charge is 0.345 e. The molecule has 4 bridgehead atoms. The van der Waals surface area contributed by atoms with Crippen molar-refractivity contribution in [3.8, 4) is 0 Å². The maximum absolute atomic E-state index is 12.4. The summed E-state index contributed by atoms with van der Waals surface area (Å²) in [5.74, 6) is 1.44. The highest BCUT2D eigenvalue weighted by Crippen LogP contribution is 2.61. The van der Waals surface area contributed by atoms with Gasteiger partial charge in [-0.2, -0.15) is 0 Å². The Morgan fingerprint density at radius 3 is 2.20 bits per heavy atom. The summed E-state index contributed by atoms with van der Waals surface area (Å²) in [4.78, 5) is 24.7. The van der Waals surface area contributed by atoms with E-state index in [1.54, 1.807) is 6.07 Å². The molecule has 0 saturated heterocycles. The van der Waals surface area contributed by atoms with Crippen molar-refractivity contribution in [3.05, 3.63) is 29.8 Å². The highest BCUT2D eigenvalue weighted by molar-refractivity contribution is 6.39. The lowest BCUT2D eigenvalue weighted by molar-refractivity contribution is -0.138. The molecule has 0 spiro atoms. The molecule has 4 fully saturated rings. The Balaban J connectivity index is 1.39. The Labute approximate surface area is 149 Å². The first-order valence-electron chi connectivity index (χ1n) is 9.62. The zero-order valence-corrected chi connectivity index (χ0v) is 15.2. The lowest BCUT2D eigenvalue weighted by Gasteiger charge is -2.59. The smallest absolute Gasteiger partial charge is 0.313 e. The van der Waals surface area contributed by atoms with E-state index in [4.69, 9.17) is 0 Å². The van der Waals surface area contributed by atoms with Gasteiger partial charge in [-0.25, -0.2) is 0 Å². The van der Waals surface area contributed by atoms with Gasteiger partial charge < -0.3 is 10.6 Å². The number of carbonyl (C=O) groups is 2. The monoisotopic (exact) mass is 340 g/mol. The Morgan fingerprint density at radius 1 is 1.04 bits per heavy atom. The molecule has 0 radical (unpaired) electrons. The minimum atomic E-state index is -0.567. The fourth-order valence-electron chi connectivity index (χ4n) is 6.03. The zero-order chi connectivity index (χ0) is 17.6. The summed E-state index contributed by atoms with van der Waals surface area (Å²) in [6, 6.07) is 7.58. The molecule has 4 heteroatoms. The van der Waals surface area contributed by atoms with Crippen molar-refractivity contribution < 1.29 is 9.59 Å². The number of nitrogens with one attached hydrogen (secondary N) is 2. The molecule has 2 N–H and O–H groups in total. The van der Waals surface area contributed by atoms with Crippen LogP contribution in [0.1, 0.15) is 51.0 Å².